The number of rotatable bonds is 6. The Bertz CT molecular complexity index is 1680. The lowest BCUT2D eigenvalue weighted by atomic mass is 9.87. The second kappa shape index (κ2) is 11.6. The van der Waals surface area contributed by atoms with E-state index >= 15 is 0 Å². The molecular formula is C36H45N5O3. The Morgan fingerprint density at radius 1 is 0.977 bits per heavy atom. The van der Waals surface area contributed by atoms with E-state index in [0.717, 1.165) is 77.9 Å². The minimum absolute atomic E-state index is 0.416. The second-order valence-electron chi connectivity index (χ2n) is 13.5. The van der Waals surface area contributed by atoms with Crippen LogP contribution in [0.4, 0.5) is 11.6 Å². The Morgan fingerprint density at radius 2 is 1.64 bits per heavy atom. The van der Waals surface area contributed by atoms with Gasteiger partial charge in [0, 0.05) is 42.1 Å². The van der Waals surface area contributed by atoms with Gasteiger partial charge in [0.05, 0.1) is 23.9 Å². The fourth-order valence-corrected chi connectivity index (χ4v) is 6.96. The topological polar surface area (TPSA) is 72.7 Å². The quantitative estimate of drug-likeness (QED) is 0.222. The molecule has 2 aliphatic heterocycles. The van der Waals surface area contributed by atoms with E-state index in [-0.39, 0.29) is 0 Å². The molecule has 6 rings (SSSR count). The van der Waals surface area contributed by atoms with Crippen molar-refractivity contribution in [2.45, 2.75) is 78.6 Å². The van der Waals surface area contributed by atoms with Gasteiger partial charge in [0.25, 0.3) is 0 Å². The van der Waals surface area contributed by atoms with Crippen molar-refractivity contribution in [3.8, 4) is 11.1 Å². The fraction of sp³-hybridized carbons (Fsp3) is 0.472. The van der Waals surface area contributed by atoms with E-state index in [1.165, 1.54) is 23.9 Å². The maximum atomic E-state index is 13.6. The number of carbonyl (C=O) groups is 1. The molecule has 2 aromatic heterocycles. The first kappa shape index (κ1) is 30.3. The Labute approximate surface area is 261 Å². The zero-order valence-electron chi connectivity index (χ0n) is 27.4. The van der Waals surface area contributed by atoms with Crippen molar-refractivity contribution in [1.82, 2.24) is 19.4 Å². The van der Waals surface area contributed by atoms with Crippen LogP contribution in [0.5, 0.6) is 0 Å². The molecule has 232 valence electrons. The number of piperidine rings is 1. The summed E-state index contributed by atoms with van der Waals surface area (Å²) in [5, 5.41) is 1.08. The van der Waals surface area contributed by atoms with Gasteiger partial charge in [-0.2, -0.15) is 0 Å². The number of methoxy groups -OCH3 is 1. The monoisotopic (exact) mass is 595 g/mol. The highest BCUT2D eigenvalue weighted by molar-refractivity contribution is 6.08. The lowest BCUT2D eigenvalue weighted by molar-refractivity contribution is -0.164. The van der Waals surface area contributed by atoms with Gasteiger partial charge in [0.2, 0.25) is 5.95 Å². The molecule has 1 fully saturated rings. The summed E-state index contributed by atoms with van der Waals surface area (Å²) in [7, 11) is 3.61. The van der Waals surface area contributed by atoms with Crippen LogP contribution in [-0.2, 0) is 20.8 Å². The van der Waals surface area contributed by atoms with Crippen molar-refractivity contribution in [2.75, 3.05) is 38.7 Å². The summed E-state index contributed by atoms with van der Waals surface area (Å²) in [5.74, 6) is 0.752. The van der Waals surface area contributed by atoms with Crippen LogP contribution < -0.4 is 4.90 Å². The molecule has 44 heavy (non-hydrogen) atoms. The predicted molar refractivity (Wildman–Crippen MR) is 176 cm³/mol. The van der Waals surface area contributed by atoms with E-state index in [2.05, 4.69) is 72.5 Å². The molecule has 2 aromatic carbocycles. The Kier molecular flexibility index (Phi) is 8.01. The highest BCUT2D eigenvalue weighted by Gasteiger charge is 2.37. The maximum Gasteiger partial charge on any atom is 0.339 e. The molecule has 0 unspecified atom stereocenters. The minimum Gasteiger partial charge on any atom is -0.467 e. The van der Waals surface area contributed by atoms with Crippen molar-refractivity contribution in [2.24, 2.45) is 0 Å². The van der Waals surface area contributed by atoms with Gasteiger partial charge in [0.15, 0.2) is 6.10 Å². The summed E-state index contributed by atoms with van der Waals surface area (Å²) in [4.78, 5) is 28.1. The molecule has 2 aliphatic rings. The van der Waals surface area contributed by atoms with E-state index in [0.29, 0.717) is 11.9 Å². The zero-order chi connectivity index (χ0) is 31.3. The largest absolute Gasteiger partial charge is 0.467 e. The molecule has 0 N–H and O–H groups in total. The number of carbonyl (C=O) groups excluding carboxylic acids is 1. The molecular weight excluding hydrogens is 550 g/mol. The summed E-state index contributed by atoms with van der Waals surface area (Å²) in [6.45, 7) is 16.0. The van der Waals surface area contributed by atoms with Crippen molar-refractivity contribution in [3.63, 3.8) is 0 Å². The lowest BCUT2D eigenvalue weighted by Gasteiger charge is -2.35. The van der Waals surface area contributed by atoms with Crippen LogP contribution in [0.3, 0.4) is 0 Å². The summed E-state index contributed by atoms with van der Waals surface area (Å²) >= 11 is 0. The van der Waals surface area contributed by atoms with Gasteiger partial charge in [0.1, 0.15) is 0 Å². The molecule has 0 radical (unpaired) electrons. The van der Waals surface area contributed by atoms with E-state index in [9.17, 15) is 4.79 Å². The molecule has 0 amide bonds. The van der Waals surface area contributed by atoms with E-state index in [1.54, 1.807) is 0 Å². The number of hydrogen-bond donors (Lipinski definition) is 0. The third-order valence-electron chi connectivity index (χ3n) is 9.22. The fourth-order valence-electron chi connectivity index (χ4n) is 6.96. The average molecular weight is 596 g/mol. The van der Waals surface area contributed by atoms with Crippen LogP contribution in [-0.4, -0.2) is 64.8 Å². The van der Waals surface area contributed by atoms with Crippen LogP contribution in [0.15, 0.2) is 42.7 Å². The highest BCUT2D eigenvalue weighted by Crippen LogP contribution is 2.49. The van der Waals surface area contributed by atoms with Crippen molar-refractivity contribution in [1.29, 1.82) is 0 Å². The van der Waals surface area contributed by atoms with E-state index < -0.39 is 17.7 Å². The summed E-state index contributed by atoms with van der Waals surface area (Å²) < 4.78 is 14.3. The number of likely N-dealkylation sites (tertiary alicyclic amines) is 1. The highest BCUT2D eigenvalue weighted by atomic mass is 16.6. The van der Waals surface area contributed by atoms with Crippen LogP contribution in [0.2, 0.25) is 0 Å². The van der Waals surface area contributed by atoms with Gasteiger partial charge >= 0.3 is 5.97 Å². The summed E-state index contributed by atoms with van der Waals surface area (Å²) in [5.41, 5.74) is 8.96. The van der Waals surface area contributed by atoms with Crippen molar-refractivity contribution in [3.05, 3.63) is 70.7 Å². The molecule has 0 saturated carbocycles. The maximum absolute atomic E-state index is 13.6. The Balaban J connectivity index is 1.57. The minimum atomic E-state index is -0.919. The van der Waals surface area contributed by atoms with Gasteiger partial charge in [-0.3, -0.25) is 0 Å². The first-order valence-electron chi connectivity index (χ1n) is 15.7. The van der Waals surface area contributed by atoms with Gasteiger partial charge < -0.3 is 23.8 Å². The van der Waals surface area contributed by atoms with Crippen molar-refractivity contribution >= 4 is 28.5 Å². The number of hydrogen-bond acceptors (Lipinski definition) is 7. The molecule has 8 heteroatoms. The second-order valence-corrected chi connectivity index (χ2v) is 13.5. The molecule has 0 aliphatic carbocycles. The van der Waals surface area contributed by atoms with Gasteiger partial charge in [-0.1, -0.05) is 29.8 Å². The van der Waals surface area contributed by atoms with Crippen LogP contribution >= 0.6 is 0 Å². The molecule has 0 spiro atoms. The normalized spacial score (nSPS) is 16.9. The molecule has 0 bridgehead atoms. The molecule has 4 heterocycles. The summed E-state index contributed by atoms with van der Waals surface area (Å²) in [6.07, 6.45) is 5.37. The summed E-state index contributed by atoms with van der Waals surface area (Å²) in [6, 6.07) is 10.8. The third-order valence-corrected chi connectivity index (χ3v) is 9.22. The Hall–Kier alpha value is -3.75. The van der Waals surface area contributed by atoms with Gasteiger partial charge in [-0.05, 0) is 109 Å². The van der Waals surface area contributed by atoms with Crippen LogP contribution in [0, 0.1) is 20.8 Å². The third kappa shape index (κ3) is 5.50. The number of anilines is 2. The van der Waals surface area contributed by atoms with Gasteiger partial charge in [-0.15, -0.1) is 0 Å². The van der Waals surface area contributed by atoms with Crippen LogP contribution in [0.1, 0.15) is 73.6 Å². The van der Waals surface area contributed by atoms with Gasteiger partial charge in [-0.25, -0.2) is 14.8 Å². The predicted octanol–water partition coefficient (Wildman–Crippen LogP) is 7.01. The molecule has 1 atom stereocenters. The average Bonchev–Trinajstić information content (AvgIpc) is 3.34. The van der Waals surface area contributed by atoms with Crippen molar-refractivity contribution < 1.29 is 14.3 Å². The first-order chi connectivity index (χ1) is 21.0. The molecule has 1 saturated heterocycles. The zero-order valence-corrected chi connectivity index (χ0v) is 27.4. The smallest absolute Gasteiger partial charge is 0.339 e. The number of benzene rings is 2. The number of aromatic nitrogens is 3. The van der Waals surface area contributed by atoms with E-state index in [1.807, 2.05) is 33.2 Å². The lowest BCUT2D eigenvalue weighted by Crippen LogP contribution is -2.32. The van der Waals surface area contributed by atoms with Crippen LogP contribution in [0.25, 0.3) is 22.0 Å². The molecule has 4 aromatic rings. The Morgan fingerprint density at radius 3 is 2.25 bits per heavy atom. The van der Waals surface area contributed by atoms with E-state index in [4.69, 9.17) is 19.4 Å². The number of aryl methyl sites for hydroxylation is 2. The number of nitrogens with zero attached hydrogens (tertiary/aromatic N) is 5. The SMILES string of the molecule is COC(=O)[C@@H](OC(C)(C)C)c1c(C)c2c3c(cc(C)n3CCN2c2ncc(C3CCN(C)CC3)cn2)c1-c1ccc(C)cc1. The standard InChI is InChI=1S/C36H45N5O3/c1-22-9-11-26(12-10-22)30-28-19-23(2)40-17-18-41(35-37-20-27(21-38-35)25-13-15-39(7)16-14-25)31(32(28)40)24(3)29(30)33(34(42)43-8)44-36(4,5)6/h9-12,19-21,25,33H,13-18H2,1-8H3/t33-/m0/s1. The molecule has 8 nitrogen and oxygen atoms in total. The number of esters is 1. The first-order valence-corrected chi connectivity index (χ1v) is 15.7. The number of ether oxygens (including phenoxy) is 2.